The van der Waals surface area contributed by atoms with Crippen molar-refractivity contribution in [3.8, 4) is 0 Å². The summed E-state index contributed by atoms with van der Waals surface area (Å²) in [6.07, 6.45) is 1.41. The Morgan fingerprint density at radius 1 is 0.955 bits per heavy atom. The Hall–Kier alpha value is -0.534. The second-order valence-electron chi connectivity index (χ2n) is 4.70. The molecule has 0 saturated carbocycles. The van der Waals surface area contributed by atoms with Gasteiger partial charge in [0.1, 0.15) is 4.90 Å². The third kappa shape index (κ3) is 3.51. The van der Waals surface area contributed by atoms with E-state index in [9.17, 15) is 8.42 Å². The first-order valence-corrected chi connectivity index (χ1v) is 7.94. The predicted octanol–water partition coefficient (Wildman–Crippen LogP) is 3.24. The van der Waals surface area contributed by atoms with Gasteiger partial charge in [0.05, 0.1) is 6.61 Å². The molecule has 0 unspecified atom stereocenters. The Balaban J connectivity index is 0.00000176. The van der Waals surface area contributed by atoms with Crippen LogP contribution in [0.15, 0.2) is 72.1 Å². The summed E-state index contributed by atoms with van der Waals surface area (Å²) in [5.41, 5.74) is 0. The molecular weight excluding hydrogens is 323 g/mol. The van der Waals surface area contributed by atoms with Gasteiger partial charge in [-0.25, -0.2) is 0 Å². The normalized spacial score (nSPS) is 11.3. The van der Waals surface area contributed by atoms with Crippen LogP contribution in [0, 0.1) is 0 Å². The van der Waals surface area contributed by atoms with E-state index in [-0.39, 0.29) is 62.9 Å². The fourth-order valence-corrected chi connectivity index (χ4v) is 3.45. The zero-order chi connectivity index (χ0) is 14.9. The topological polar surface area (TPSA) is 43.4 Å². The molecule has 0 amide bonds. The third-order valence-corrected chi connectivity index (χ3v) is 4.66. The van der Waals surface area contributed by atoms with Gasteiger partial charge in [-0.1, -0.05) is 42.5 Å². The molecular formula is C17H15KO3S. The van der Waals surface area contributed by atoms with E-state index < -0.39 is 10.1 Å². The molecule has 0 aliphatic heterocycles. The molecule has 0 fully saturated rings. The van der Waals surface area contributed by atoms with Gasteiger partial charge in [0.15, 0.2) is 0 Å². The van der Waals surface area contributed by atoms with Crippen LogP contribution < -0.4 is 0 Å². The van der Waals surface area contributed by atoms with Gasteiger partial charge in [0, 0.05) is 5.39 Å². The quantitative estimate of drug-likeness (QED) is 0.317. The molecule has 0 aliphatic rings. The fourth-order valence-electron chi connectivity index (χ4n) is 2.36. The van der Waals surface area contributed by atoms with Crippen molar-refractivity contribution in [2.45, 2.75) is 4.90 Å². The first-order valence-electron chi connectivity index (χ1n) is 6.54. The van der Waals surface area contributed by atoms with Gasteiger partial charge in [-0.3, -0.25) is 4.18 Å². The van der Waals surface area contributed by atoms with Crippen LogP contribution in [0.5, 0.6) is 0 Å². The summed E-state index contributed by atoms with van der Waals surface area (Å²) in [7, 11) is -3.79. The Morgan fingerprint density at radius 2 is 1.59 bits per heavy atom. The van der Waals surface area contributed by atoms with Crippen molar-refractivity contribution in [3.05, 3.63) is 67.3 Å². The van der Waals surface area contributed by atoms with E-state index in [0.717, 1.165) is 16.2 Å². The van der Waals surface area contributed by atoms with Crippen LogP contribution in [0.4, 0.5) is 0 Å². The van der Waals surface area contributed by atoms with Crippen molar-refractivity contribution < 1.29 is 12.6 Å². The number of benzene rings is 3. The van der Waals surface area contributed by atoms with E-state index in [4.69, 9.17) is 4.18 Å². The summed E-state index contributed by atoms with van der Waals surface area (Å²) in [6.45, 7) is 3.44. The Kier molecular flexibility index (Phi) is 5.96. The molecule has 0 bridgehead atoms. The molecule has 0 saturated heterocycles. The molecule has 0 heterocycles. The van der Waals surface area contributed by atoms with Crippen molar-refractivity contribution in [1.82, 2.24) is 0 Å². The van der Waals surface area contributed by atoms with Crippen molar-refractivity contribution in [2.75, 3.05) is 6.61 Å². The standard InChI is InChI=1S/C17H14O3S.K.H/c1-2-10-20-21(18,19)17-9-5-8-15-11-13-6-3-4-7-14(13)12-16(15)17;;/h2-9,11-12H,1,10H2;;. The molecule has 0 radical (unpaired) electrons. The van der Waals surface area contributed by atoms with Crippen molar-refractivity contribution in [3.63, 3.8) is 0 Å². The monoisotopic (exact) mass is 338 g/mol. The van der Waals surface area contributed by atoms with Gasteiger partial charge in [-0.2, -0.15) is 8.42 Å². The molecule has 0 atom stereocenters. The van der Waals surface area contributed by atoms with Crippen LogP contribution in [-0.4, -0.2) is 66.4 Å². The molecule has 3 rings (SSSR count). The molecule has 22 heavy (non-hydrogen) atoms. The van der Waals surface area contributed by atoms with E-state index >= 15 is 0 Å². The number of hydrogen-bond acceptors (Lipinski definition) is 3. The average Bonchev–Trinajstić information content (AvgIpc) is 2.50. The molecule has 3 nitrogen and oxygen atoms in total. The number of fused-ring (bicyclic) bond motifs is 2. The van der Waals surface area contributed by atoms with Gasteiger partial charge >= 0.3 is 51.4 Å². The minimum atomic E-state index is -3.79. The molecule has 0 aliphatic carbocycles. The zero-order valence-electron chi connectivity index (χ0n) is 11.3. The molecule has 3 aromatic rings. The summed E-state index contributed by atoms with van der Waals surface area (Å²) in [6, 6.07) is 16.9. The van der Waals surface area contributed by atoms with Crippen molar-refractivity contribution in [2.24, 2.45) is 0 Å². The fraction of sp³-hybridized carbons (Fsp3) is 0.0588. The van der Waals surface area contributed by atoms with Crippen molar-refractivity contribution >= 4 is 83.0 Å². The predicted molar refractivity (Wildman–Crippen MR) is 91.9 cm³/mol. The van der Waals surface area contributed by atoms with Gasteiger partial charge < -0.3 is 0 Å². The Labute approximate surface area is 172 Å². The molecule has 0 N–H and O–H groups in total. The van der Waals surface area contributed by atoms with Crippen LogP contribution >= 0.6 is 0 Å². The van der Waals surface area contributed by atoms with E-state index in [0.29, 0.717) is 5.39 Å². The van der Waals surface area contributed by atoms with Gasteiger partial charge in [0.25, 0.3) is 10.1 Å². The molecule has 0 aromatic heterocycles. The number of rotatable bonds is 4. The zero-order valence-corrected chi connectivity index (χ0v) is 12.1. The van der Waals surface area contributed by atoms with Crippen LogP contribution in [0.3, 0.4) is 0 Å². The Morgan fingerprint density at radius 3 is 2.27 bits per heavy atom. The third-order valence-electron chi connectivity index (χ3n) is 3.32. The second kappa shape index (κ2) is 7.36. The SMILES string of the molecule is C=CCOS(=O)(=O)c1cccc2cc3ccccc3cc12.[KH]. The second-order valence-corrected chi connectivity index (χ2v) is 6.29. The van der Waals surface area contributed by atoms with E-state index in [1.54, 1.807) is 12.1 Å². The van der Waals surface area contributed by atoms with Crippen molar-refractivity contribution in [1.29, 1.82) is 0 Å². The van der Waals surface area contributed by atoms with Gasteiger partial charge in [-0.15, -0.1) is 6.58 Å². The maximum atomic E-state index is 12.3. The molecule has 108 valence electrons. The maximum absolute atomic E-state index is 12.3. The first kappa shape index (κ1) is 17.8. The van der Waals surface area contributed by atoms with Gasteiger partial charge in [-0.05, 0) is 34.4 Å². The molecule has 0 spiro atoms. The summed E-state index contributed by atoms with van der Waals surface area (Å²) >= 11 is 0. The van der Waals surface area contributed by atoms with Crippen LogP contribution in [0.1, 0.15) is 0 Å². The average molecular weight is 338 g/mol. The molecule has 3 aromatic carbocycles. The van der Waals surface area contributed by atoms with Gasteiger partial charge in [0.2, 0.25) is 0 Å². The van der Waals surface area contributed by atoms with E-state index in [2.05, 4.69) is 6.58 Å². The van der Waals surface area contributed by atoms with Crippen LogP contribution in [0.25, 0.3) is 21.5 Å². The van der Waals surface area contributed by atoms with Crippen LogP contribution in [-0.2, 0) is 14.3 Å². The Bertz CT molecular complexity index is 933. The first-order chi connectivity index (χ1) is 10.1. The summed E-state index contributed by atoms with van der Waals surface area (Å²) in [5, 5.41) is 3.61. The van der Waals surface area contributed by atoms with E-state index in [1.807, 2.05) is 42.5 Å². The summed E-state index contributed by atoms with van der Waals surface area (Å²) < 4.78 is 29.5. The van der Waals surface area contributed by atoms with Crippen LogP contribution in [0.2, 0.25) is 0 Å². The summed E-state index contributed by atoms with van der Waals surface area (Å²) in [4.78, 5) is 0.188. The summed E-state index contributed by atoms with van der Waals surface area (Å²) in [5.74, 6) is 0. The van der Waals surface area contributed by atoms with E-state index in [1.165, 1.54) is 6.08 Å². The number of hydrogen-bond donors (Lipinski definition) is 0. The minimum absolute atomic E-state index is 0. The molecule has 5 heteroatoms.